The first-order chi connectivity index (χ1) is 16.9. The van der Waals surface area contributed by atoms with E-state index in [1.807, 2.05) is 55.6 Å². The number of benzene rings is 1. The average Bonchev–Trinajstić information content (AvgIpc) is 3.22. The lowest BCUT2D eigenvalue weighted by Crippen LogP contribution is -2.38. The molecule has 35 heavy (non-hydrogen) atoms. The summed E-state index contributed by atoms with van der Waals surface area (Å²) in [5.74, 6) is -0.0399. The van der Waals surface area contributed by atoms with Gasteiger partial charge in [0, 0.05) is 62.2 Å². The molecule has 2 N–H and O–H groups in total. The molecule has 186 valence electrons. The fraction of sp³-hybridized carbons (Fsp3) is 0.462. The van der Waals surface area contributed by atoms with Crippen LogP contribution >= 0.6 is 0 Å². The molecule has 0 bridgehead atoms. The van der Waals surface area contributed by atoms with E-state index < -0.39 is 0 Å². The number of hydrogen-bond donors (Lipinski definition) is 2. The summed E-state index contributed by atoms with van der Waals surface area (Å²) >= 11 is 0. The second-order valence-electron chi connectivity index (χ2n) is 9.05. The van der Waals surface area contributed by atoms with E-state index in [9.17, 15) is 9.59 Å². The molecule has 1 aliphatic heterocycles. The highest BCUT2D eigenvalue weighted by molar-refractivity contribution is 5.90. The number of ether oxygens (including phenoxy) is 1. The van der Waals surface area contributed by atoms with Gasteiger partial charge in [0.2, 0.25) is 11.8 Å². The summed E-state index contributed by atoms with van der Waals surface area (Å²) in [6.45, 7) is 10.3. The van der Waals surface area contributed by atoms with Gasteiger partial charge in [-0.3, -0.25) is 14.5 Å². The molecular formula is C26H34N6O3. The van der Waals surface area contributed by atoms with Crippen molar-refractivity contribution >= 4 is 23.1 Å². The van der Waals surface area contributed by atoms with Crippen LogP contribution in [0.1, 0.15) is 41.1 Å². The highest BCUT2D eigenvalue weighted by Gasteiger charge is 2.14. The van der Waals surface area contributed by atoms with Crippen molar-refractivity contribution in [3.63, 3.8) is 0 Å². The lowest BCUT2D eigenvalue weighted by Gasteiger charge is -2.26. The molecule has 9 heteroatoms. The van der Waals surface area contributed by atoms with Crippen molar-refractivity contribution in [1.82, 2.24) is 24.8 Å². The Balaban J connectivity index is 1.25. The van der Waals surface area contributed by atoms with E-state index in [0.29, 0.717) is 25.8 Å². The molecule has 0 radical (unpaired) electrons. The van der Waals surface area contributed by atoms with E-state index in [2.05, 4.69) is 25.6 Å². The van der Waals surface area contributed by atoms with Crippen molar-refractivity contribution in [2.75, 3.05) is 38.2 Å². The Morgan fingerprint density at radius 2 is 1.86 bits per heavy atom. The Kier molecular flexibility index (Phi) is 8.09. The van der Waals surface area contributed by atoms with Crippen LogP contribution in [0.25, 0.3) is 5.65 Å². The minimum atomic E-state index is -0.0273. The summed E-state index contributed by atoms with van der Waals surface area (Å²) in [5.41, 5.74) is 6.43. The summed E-state index contributed by atoms with van der Waals surface area (Å²) in [6.07, 6.45) is 1.41. The second kappa shape index (κ2) is 11.4. The molecule has 0 atom stereocenters. The zero-order valence-electron chi connectivity index (χ0n) is 20.8. The van der Waals surface area contributed by atoms with Crippen molar-refractivity contribution in [3.05, 3.63) is 58.5 Å². The SMILES string of the molecule is Cc1cc2nc(C)c(CCC(=O)NCc3cccc(NC(=O)CCN4CCOCC4)c3)c(C)n2n1. The van der Waals surface area contributed by atoms with Gasteiger partial charge >= 0.3 is 0 Å². The topological polar surface area (TPSA) is 101 Å². The Labute approximate surface area is 205 Å². The molecule has 4 rings (SSSR count). The quantitative estimate of drug-likeness (QED) is 0.490. The van der Waals surface area contributed by atoms with Crippen molar-refractivity contribution in [2.45, 2.75) is 46.6 Å². The lowest BCUT2D eigenvalue weighted by molar-refractivity contribution is -0.121. The molecule has 1 aliphatic rings. The maximum Gasteiger partial charge on any atom is 0.225 e. The molecule has 1 aromatic carbocycles. The van der Waals surface area contributed by atoms with Crippen LogP contribution in [0.2, 0.25) is 0 Å². The Bertz CT molecular complexity index is 1200. The van der Waals surface area contributed by atoms with Crippen LogP contribution in [-0.4, -0.2) is 64.2 Å². The van der Waals surface area contributed by atoms with Crippen LogP contribution < -0.4 is 10.6 Å². The van der Waals surface area contributed by atoms with Crippen molar-refractivity contribution in [2.24, 2.45) is 0 Å². The van der Waals surface area contributed by atoms with E-state index in [1.165, 1.54) is 0 Å². The zero-order chi connectivity index (χ0) is 24.8. The second-order valence-corrected chi connectivity index (χ2v) is 9.05. The minimum Gasteiger partial charge on any atom is -0.379 e. The molecular weight excluding hydrogens is 444 g/mol. The summed E-state index contributed by atoms with van der Waals surface area (Å²) in [7, 11) is 0. The number of carbonyl (C=O) groups is 2. The van der Waals surface area contributed by atoms with Crippen molar-refractivity contribution in [1.29, 1.82) is 0 Å². The first-order valence-electron chi connectivity index (χ1n) is 12.2. The number of nitrogens with one attached hydrogen (secondary N) is 2. The highest BCUT2D eigenvalue weighted by Crippen LogP contribution is 2.17. The lowest BCUT2D eigenvalue weighted by atomic mass is 10.1. The molecule has 1 saturated heterocycles. The van der Waals surface area contributed by atoms with Gasteiger partial charge in [0.1, 0.15) is 0 Å². The molecule has 0 unspecified atom stereocenters. The molecule has 0 aliphatic carbocycles. The zero-order valence-corrected chi connectivity index (χ0v) is 20.8. The Morgan fingerprint density at radius 3 is 2.66 bits per heavy atom. The first kappa shape index (κ1) is 24.8. The number of rotatable bonds is 9. The van der Waals surface area contributed by atoms with Gasteiger partial charge in [-0.05, 0) is 50.5 Å². The number of aryl methyl sites for hydroxylation is 3. The number of aromatic nitrogens is 3. The summed E-state index contributed by atoms with van der Waals surface area (Å²) in [6, 6.07) is 9.55. The van der Waals surface area contributed by atoms with Crippen LogP contribution in [-0.2, 0) is 27.3 Å². The van der Waals surface area contributed by atoms with Gasteiger partial charge in [-0.25, -0.2) is 9.50 Å². The largest absolute Gasteiger partial charge is 0.379 e. The number of amides is 2. The first-order valence-corrected chi connectivity index (χ1v) is 12.2. The predicted molar refractivity (Wildman–Crippen MR) is 134 cm³/mol. The molecule has 0 spiro atoms. The van der Waals surface area contributed by atoms with Crippen LogP contribution in [0, 0.1) is 20.8 Å². The van der Waals surface area contributed by atoms with Crippen molar-refractivity contribution in [3.8, 4) is 0 Å². The Morgan fingerprint density at radius 1 is 1.06 bits per heavy atom. The monoisotopic (exact) mass is 478 g/mol. The van der Waals surface area contributed by atoms with E-state index in [-0.39, 0.29) is 11.8 Å². The molecule has 9 nitrogen and oxygen atoms in total. The number of fused-ring (bicyclic) bond motifs is 1. The maximum atomic E-state index is 12.5. The average molecular weight is 479 g/mol. The van der Waals surface area contributed by atoms with Gasteiger partial charge in [0.15, 0.2) is 5.65 Å². The summed E-state index contributed by atoms with van der Waals surface area (Å²) in [5, 5.41) is 10.4. The number of carbonyl (C=O) groups excluding carboxylic acids is 2. The smallest absolute Gasteiger partial charge is 0.225 e. The van der Waals surface area contributed by atoms with Crippen LogP contribution in [0.15, 0.2) is 30.3 Å². The molecule has 3 heterocycles. The van der Waals surface area contributed by atoms with Crippen molar-refractivity contribution < 1.29 is 14.3 Å². The van der Waals surface area contributed by atoms with E-state index in [1.54, 1.807) is 0 Å². The van der Waals surface area contributed by atoms with E-state index in [4.69, 9.17) is 4.74 Å². The molecule has 3 aromatic rings. The molecule has 0 saturated carbocycles. The summed E-state index contributed by atoms with van der Waals surface area (Å²) in [4.78, 5) is 31.7. The van der Waals surface area contributed by atoms with Gasteiger partial charge < -0.3 is 15.4 Å². The Hall–Kier alpha value is -3.30. The summed E-state index contributed by atoms with van der Waals surface area (Å²) < 4.78 is 7.18. The van der Waals surface area contributed by atoms with Gasteiger partial charge in [-0.15, -0.1) is 0 Å². The van der Waals surface area contributed by atoms with E-state index in [0.717, 1.165) is 72.4 Å². The number of anilines is 1. The van der Waals surface area contributed by atoms with Gasteiger partial charge in [0.25, 0.3) is 0 Å². The third-order valence-corrected chi connectivity index (χ3v) is 6.35. The van der Waals surface area contributed by atoms with Gasteiger partial charge in [-0.2, -0.15) is 5.10 Å². The van der Waals surface area contributed by atoms with Crippen LogP contribution in [0.4, 0.5) is 5.69 Å². The number of hydrogen-bond acceptors (Lipinski definition) is 6. The predicted octanol–water partition coefficient (Wildman–Crippen LogP) is 2.56. The minimum absolute atomic E-state index is 0.0126. The van der Waals surface area contributed by atoms with Crippen LogP contribution in [0.5, 0.6) is 0 Å². The third kappa shape index (κ3) is 6.64. The van der Waals surface area contributed by atoms with Crippen LogP contribution in [0.3, 0.4) is 0 Å². The molecule has 1 fully saturated rings. The molecule has 2 aromatic heterocycles. The van der Waals surface area contributed by atoms with E-state index >= 15 is 0 Å². The number of nitrogens with zero attached hydrogens (tertiary/aromatic N) is 4. The van der Waals surface area contributed by atoms with Gasteiger partial charge in [-0.1, -0.05) is 12.1 Å². The molecule has 2 amide bonds. The normalized spacial score (nSPS) is 14.3. The highest BCUT2D eigenvalue weighted by atomic mass is 16.5. The number of morpholine rings is 1. The third-order valence-electron chi connectivity index (χ3n) is 6.35. The fourth-order valence-electron chi connectivity index (χ4n) is 4.40. The van der Waals surface area contributed by atoms with Gasteiger partial charge in [0.05, 0.1) is 18.9 Å². The standard InChI is InChI=1S/C26H34N6O3/c1-18-15-24-28-19(2)23(20(3)32(24)30-18)7-8-25(33)27-17-21-5-4-6-22(16-21)29-26(34)9-10-31-11-13-35-14-12-31/h4-6,15-16H,7-14,17H2,1-3H3,(H,27,33)(H,29,34). The fourth-order valence-corrected chi connectivity index (χ4v) is 4.40. The maximum absolute atomic E-state index is 12.5.